The molecule has 1 aromatic rings. The van der Waals surface area contributed by atoms with E-state index >= 15 is 0 Å². The molecule has 0 saturated carbocycles. The largest absolute Gasteiger partial charge is 0.384 e. The smallest absolute Gasteiger partial charge is 0.120 e. The van der Waals surface area contributed by atoms with Gasteiger partial charge in [-0.25, -0.2) is 4.68 Å². The highest BCUT2D eigenvalue weighted by atomic mass is 16.5. The summed E-state index contributed by atoms with van der Waals surface area (Å²) >= 11 is 0. The second-order valence-electron chi connectivity index (χ2n) is 2.25. The van der Waals surface area contributed by atoms with Crippen molar-refractivity contribution in [3.8, 4) is 0 Å². The summed E-state index contributed by atoms with van der Waals surface area (Å²) in [4.78, 5) is 0. The fraction of sp³-hybridized carbons (Fsp3) is 0.667. The van der Waals surface area contributed by atoms with E-state index in [9.17, 15) is 5.11 Å². The maximum atomic E-state index is 9.36. The molecule has 0 aromatic carbocycles. The Labute approximate surface area is 64.6 Å². The lowest BCUT2D eigenvalue weighted by molar-refractivity contribution is 0.0593. The van der Waals surface area contributed by atoms with E-state index in [1.165, 1.54) is 18.0 Å². The van der Waals surface area contributed by atoms with E-state index in [2.05, 4.69) is 10.3 Å². The molecule has 1 N–H and O–H groups in total. The van der Waals surface area contributed by atoms with Gasteiger partial charge in [-0.15, -0.1) is 5.10 Å². The Morgan fingerprint density at radius 3 is 3.00 bits per heavy atom. The van der Waals surface area contributed by atoms with E-state index in [1.807, 2.05) is 0 Å². The van der Waals surface area contributed by atoms with E-state index in [1.54, 1.807) is 7.05 Å². The highest BCUT2D eigenvalue weighted by molar-refractivity contribution is 4.97. The zero-order valence-corrected chi connectivity index (χ0v) is 6.56. The van der Waals surface area contributed by atoms with Gasteiger partial charge in [-0.3, -0.25) is 0 Å². The van der Waals surface area contributed by atoms with Gasteiger partial charge in [0.2, 0.25) is 0 Å². The molecule has 0 fully saturated rings. The van der Waals surface area contributed by atoms with E-state index in [0.29, 0.717) is 5.69 Å². The molecular weight excluding hydrogens is 146 g/mol. The van der Waals surface area contributed by atoms with Gasteiger partial charge < -0.3 is 9.84 Å². The highest BCUT2D eigenvalue weighted by Gasteiger charge is 2.10. The number of aliphatic hydroxyl groups excluding tert-OH is 1. The van der Waals surface area contributed by atoms with Crippen molar-refractivity contribution in [2.45, 2.75) is 6.10 Å². The van der Waals surface area contributed by atoms with Crippen molar-refractivity contribution < 1.29 is 9.84 Å². The first kappa shape index (κ1) is 8.16. The van der Waals surface area contributed by atoms with Crippen LogP contribution in [0.1, 0.15) is 11.8 Å². The summed E-state index contributed by atoms with van der Waals surface area (Å²) in [6, 6.07) is 0. The lowest BCUT2D eigenvalue weighted by Gasteiger charge is -2.07. The summed E-state index contributed by atoms with van der Waals surface area (Å²) < 4.78 is 6.28. The lowest BCUT2D eigenvalue weighted by Crippen LogP contribution is -2.10. The molecule has 1 aromatic heterocycles. The van der Waals surface area contributed by atoms with Crippen molar-refractivity contribution in [3.05, 3.63) is 11.9 Å². The zero-order chi connectivity index (χ0) is 8.27. The first-order valence-corrected chi connectivity index (χ1v) is 3.27. The number of nitrogens with zero attached hydrogens (tertiary/aromatic N) is 3. The third-order valence-corrected chi connectivity index (χ3v) is 1.42. The first-order valence-electron chi connectivity index (χ1n) is 3.27. The predicted molar refractivity (Wildman–Crippen MR) is 37.8 cm³/mol. The van der Waals surface area contributed by atoms with Crippen molar-refractivity contribution >= 4 is 0 Å². The van der Waals surface area contributed by atoms with Crippen LogP contribution in [0.15, 0.2) is 6.20 Å². The monoisotopic (exact) mass is 157 g/mol. The van der Waals surface area contributed by atoms with Crippen LogP contribution in [0.5, 0.6) is 0 Å². The topological polar surface area (TPSA) is 60.2 Å². The lowest BCUT2D eigenvalue weighted by atomic mass is 10.3. The molecule has 0 aliphatic carbocycles. The molecule has 5 nitrogen and oxygen atoms in total. The van der Waals surface area contributed by atoms with Crippen molar-refractivity contribution in [3.63, 3.8) is 0 Å². The molecule has 0 bridgehead atoms. The fourth-order valence-corrected chi connectivity index (χ4v) is 0.843. The number of hydrogen-bond donors (Lipinski definition) is 1. The Hall–Kier alpha value is -0.940. The Bertz CT molecular complexity index is 223. The van der Waals surface area contributed by atoms with Crippen LogP contribution in [0.3, 0.4) is 0 Å². The Morgan fingerprint density at radius 1 is 1.82 bits per heavy atom. The van der Waals surface area contributed by atoms with Crippen LogP contribution in [0.2, 0.25) is 0 Å². The number of aliphatic hydroxyl groups is 1. The molecule has 11 heavy (non-hydrogen) atoms. The van der Waals surface area contributed by atoms with Gasteiger partial charge in [0.05, 0.1) is 18.5 Å². The number of ether oxygens (including phenoxy) is 1. The highest BCUT2D eigenvalue weighted by Crippen LogP contribution is 2.08. The van der Waals surface area contributed by atoms with Crippen LogP contribution in [-0.4, -0.2) is 33.8 Å². The zero-order valence-electron chi connectivity index (χ0n) is 6.56. The van der Waals surface area contributed by atoms with Crippen molar-refractivity contribution in [1.29, 1.82) is 0 Å². The quantitative estimate of drug-likeness (QED) is 0.642. The number of aryl methyl sites for hydroxylation is 1. The molecular formula is C6H11N3O2. The first-order chi connectivity index (χ1) is 5.25. The van der Waals surface area contributed by atoms with Gasteiger partial charge in [0.25, 0.3) is 0 Å². The Morgan fingerprint density at radius 2 is 2.55 bits per heavy atom. The minimum atomic E-state index is -0.639. The van der Waals surface area contributed by atoms with Gasteiger partial charge in [0.15, 0.2) is 0 Å². The van der Waals surface area contributed by atoms with Gasteiger partial charge in [0, 0.05) is 14.2 Å². The molecule has 1 heterocycles. The molecule has 0 aliphatic heterocycles. The second-order valence-corrected chi connectivity index (χ2v) is 2.25. The van der Waals surface area contributed by atoms with Gasteiger partial charge >= 0.3 is 0 Å². The third-order valence-electron chi connectivity index (χ3n) is 1.42. The van der Waals surface area contributed by atoms with Gasteiger partial charge in [0.1, 0.15) is 6.10 Å². The third kappa shape index (κ3) is 1.75. The number of aromatic nitrogens is 3. The maximum Gasteiger partial charge on any atom is 0.120 e. The molecule has 0 aliphatic rings. The molecule has 1 atom stereocenters. The average Bonchev–Trinajstić information content (AvgIpc) is 2.36. The van der Waals surface area contributed by atoms with Crippen LogP contribution in [0.25, 0.3) is 0 Å². The minimum absolute atomic E-state index is 0.265. The van der Waals surface area contributed by atoms with E-state index in [0.717, 1.165) is 0 Å². The number of methoxy groups -OCH3 is 1. The molecule has 0 unspecified atom stereocenters. The second kappa shape index (κ2) is 3.45. The molecule has 0 radical (unpaired) electrons. The fourth-order valence-electron chi connectivity index (χ4n) is 0.843. The SMILES string of the molecule is COC[C@@H](O)c1cnnn1C. The number of rotatable bonds is 3. The standard InChI is InChI=1S/C6H11N3O2/c1-9-5(3-7-8-9)6(10)4-11-2/h3,6,10H,4H2,1-2H3/t6-/m1/s1. The average molecular weight is 157 g/mol. The summed E-state index contributed by atoms with van der Waals surface area (Å²) in [7, 11) is 3.26. The minimum Gasteiger partial charge on any atom is -0.384 e. The molecule has 0 saturated heterocycles. The van der Waals surface area contributed by atoms with Crippen molar-refractivity contribution in [2.75, 3.05) is 13.7 Å². The Kier molecular flexibility index (Phi) is 2.56. The summed E-state index contributed by atoms with van der Waals surface area (Å²) in [5.41, 5.74) is 0.659. The van der Waals surface area contributed by atoms with E-state index in [-0.39, 0.29) is 6.61 Å². The van der Waals surface area contributed by atoms with Crippen LogP contribution in [0, 0.1) is 0 Å². The molecule has 0 spiro atoms. The molecule has 5 heteroatoms. The molecule has 62 valence electrons. The van der Waals surface area contributed by atoms with Gasteiger partial charge in [-0.05, 0) is 0 Å². The van der Waals surface area contributed by atoms with Crippen molar-refractivity contribution in [1.82, 2.24) is 15.0 Å². The summed E-state index contributed by atoms with van der Waals surface area (Å²) in [5, 5.41) is 16.7. The Balaban J connectivity index is 2.67. The number of hydrogen-bond acceptors (Lipinski definition) is 4. The van der Waals surface area contributed by atoms with Gasteiger partial charge in [-0.2, -0.15) is 0 Å². The van der Waals surface area contributed by atoms with Crippen LogP contribution in [-0.2, 0) is 11.8 Å². The van der Waals surface area contributed by atoms with Crippen LogP contribution in [0.4, 0.5) is 0 Å². The summed E-state index contributed by atoms with van der Waals surface area (Å²) in [6.45, 7) is 0.265. The summed E-state index contributed by atoms with van der Waals surface area (Å²) in [5.74, 6) is 0. The summed E-state index contributed by atoms with van der Waals surface area (Å²) in [6.07, 6.45) is 0.879. The van der Waals surface area contributed by atoms with Crippen LogP contribution >= 0.6 is 0 Å². The molecule has 1 rings (SSSR count). The predicted octanol–water partition coefficient (Wildman–Crippen LogP) is -0.505. The van der Waals surface area contributed by atoms with Crippen molar-refractivity contribution in [2.24, 2.45) is 7.05 Å². The van der Waals surface area contributed by atoms with E-state index < -0.39 is 6.10 Å². The van der Waals surface area contributed by atoms with E-state index in [4.69, 9.17) is 4.74 Å². The van der Waals surface area contributed by atoms with Crippen LogP contribution < -0.4 is 0 Å². The van der Waals surface area contributed by atoms with Gasteiger partial charge in [-0.1, -0.05) is 5.21 Å². The normalized spacial score (nSPS) is 13.4. The molecule has 0 amide bonds. The maximum absolute atomic E-state index is 9.36.